The number of thiophene rings is 1. The van der Waals surface area contributed by atoms with Crippen LogP contribution in [0.3, 0.4) is 0 Å². The molecule has 63 heavy (non-hydrogen) atoms. The van der Waals surface area contributed by atoms with E-state index in [1.165, 1.54) is 98.1 Å². The van der Waals surface area contributed by atoms with Crippen molar-refractivity contribution >= 4 is 48.6 Å². The highest BCUT2D eigenvalue weighted by Gasteiger charge is 2.50. The van der Waals surface area contributed by atoms with Gasteiger partial charge in [-0.1, -0.05) is 182 Å². The fourth-order valence-corrected chi connectivity index (χ4v) is 11.9. The van der Waals surface area contributed by atoms with Crippen LogP contribution in [-0.2, 0) is 5.41 Å². The Morgan fingerprint density at radius 3 is 1.32 bits per heavy atom. The lowest BCUT2D eigenvalue weighted by molar-refractivity contribution is 0.776. The molecule has 0 bridgehead atoms. The van der Waals surface area contributed by atoms with Crippen molar-refractivity contribution in [2.75, 3.05) is 4.90 Å². The number of benzene rings is 10. The lowest BCUT2D eigenvalue weighted by atomic mass is 9.65. The molecule has 1 aromatic heterocycles. The third-order valence-corrected chi connectivity index (χ3v) is 14.6. The smallest absolute Gasteiger partial charge is 0.0726 e. The normalized spacial score (nSPS) is 14.4. The largest absolute Gasteiger partial charge is 0.310 e. The van der Waals surface area contributed by atoms with Gasteiger partial charge in [0.25, 0.3) is 0 Å². The van der Waals surface area contributed by atoms with Gasteiger partial charge < -0.3 is 4.90 Å². The molecule has 2 aliphatic carbocycles. The average Bonchev–Trinajstić information content (AvgIpc) is 3.83. The molecule has 0 aliphatic heterocycles. The van der Waals surface area contributed by atoms with E-state index in [2.05, 4.69) is 241 Å². The van der Waals surface area contributed by atoms with Gasteiger partial charge in [-0.3, -0.25) is 0 Å². The van der Waals surface area contributed by atoms with Gasteiger partial charge >= 0.3 is 0 Å². The summed E-state index contributed by atoms with van der Waals surface area (Å²) in [6.07, 6.45) is 0. The minimum absolute atomic E-state index is 0.614. The first kappa shape index (κ1) is 35.9. The van der Waals surface area contributed by atoms with E-state index in [4.69, 9.17) is 0 Å². The van der Waals surface area contributed by atoms with Crippen LogP contribution in [-0.4, -0.2) is 0 Å². The maximum Gasteiger partial charge on any atom is 0.0726 e. The molecule has 1 atom stereocenters. The van der Waals surface area contributed by atoms with Crippen LogP contribution in [0.4, 0.5) is 17.1 Å². The molecule has 0 N–H and O–H groups in total. The molecular formula is C61H39NS. The van der Waals surface area contributed by atoms with E-state index in [-0.39, 0.29) is 0 Å². The van der Waals surface area contributed by atoms with Gasteiger partial charge in [0.05, 0.1) is 5.41 Å². The fraction of sp³-hybridized carbons (Fsp3) is 0.0164. The minimum atomic E-state index is -0.614. The van der Waals surface area contributed by atoms with E-state index in [1.807, 2.05) is 11.3 Å². The van der Waals surface area contributed by atoms with Crippen molar-refractivity contribution in [1.29, 1.82) is 0 Å². The Hall–Kier alpha value is -7.78. The maximum absolute atomic E-state index is 2.54. The first-order valence-corrected chi connectivity index (χ1v) is 22.6. The Morgan fingerprint density at radius 2 is 0.714 bits per heavy atom. The van der Waals surface area contributed by atoms with Crippen LogP contribution in [0.5, 0.6) is 0 Å². The van der Waals surface area contributed by atoms with Gasteiger partial charge in [0.2, 0.25) is 0 Å². The van der Waals surface area contributed by atoms with Crippen LogP contribution < -0.4 is 4.90 Å². The second kappa shape index (κ2) is 14.1. The molecule has 13 rings (SSSR count). The van der Waals surface area contributed by atoms with Crippen molar-refractivity contribution in [3.63, 3.8) is 0 Å². The monoisotopic (exact) mass is 817 g/mol. The zero-order valence-electron chi connectivity index (χ0n) is 34.4. The molecule has 1 spiro atoms. The summed E-state index contributed by atoms with van der Waals surface area (Å²) in [5.41, 5.74) is 20.4. The van der Waals surface area contributed by atoms with Gasteiger partial charge in [0.1, 0.15) is 0 Å². The van der Waals surface area contributed by atoms with E-state index in [0.29, 0.717) is 0 Å². The molecular weight excluding hydrogens is 779 g/mol. The Morgan fingerprint density at radius 1 is 0.270 bits per heavy atom. The number of hydrogen-bond acceptors (Lipinski definition) is 2. The van der Waals surface area contributed by atoms with Crippen molar-refractivity contribution in [2.24, 2.45) is 0 Å². The maximum atomic E-state index is 2.54. The summed E-state index contributed by atoms with van der Waals surface area (Å²) in [5, 5.41) is 2.65. The summed E-state index contributed by atoms with van der Waals surface area (Å²) in [5.74, 6) is 0. The molecule has 2 aliphatic rings. The van der Waals surface area contributed by atoms with Crippen LogP contribution in [0, 0.1) is 0 Å². The number of anilines is 3. The molecule has 0 saturated carbocycles. The highest BCUT2D eigenvalue weighted by atomic mass is 32.1. The number of fused-ring (bicyclic) bond motifs is 15. The van der Waals surface area contributed by atoms with Crippen molar-refractivity contribution in [2.45, 2.75) is 5.41 Å². The molecule has 2 heteroatoms. The molecule has 0 saturated heterocycles. The summed E-state index contributed by atoms with van der Waals surface area (Å²) in [6.45, 7) is 0. The third-order valence-electron chi connectivity index (χ3n) is 13.5. The van der Waals surface area contributed by atoms with Gasteiger partial charge in [-0.2, -0.15) is 0 Å². The van der Waals surface area contributed by atoms with Crippen LogP contribution in [0.2, 0.25) is 0 Å². The van der Waals surface area contributed by atoms with Gasteiger partial charge in [-0.25, -0.2) is 0 Å². The molecule has 11 aromatic rings. The topological polar surface area (TPSA) is 3.24 Å². The summed E-state index contributed by atoms with van der Waals surface area (Å²) in [4.78, 5) is 2.44. The lowest BCUT2D eigenvalue weighted by Gasteiger charge is -2.36. The van der Waals surface area contributed by atoms with E-state index in [0.717, 1.165) is 17.1 Å². The summed E-state index contributed by atoms with van der Waals surface area (Å²) >= 11 is 1.90. The van der Waals surface area contributed by atoms with Gasteiger partial charge in [-0.05, 0) is 132 Å². The van der Waals surface area contributed by atoms with Crippen molar-refractivity contribution in [3.05, 3.63) is 259 Å². The first-order chi connectivity index (χ1) is 31.2. The summed E-state index contributed by atoms with van der Waals surface area (Å²) < 4.78 is 2.64. The summed E-state index contributed by atoms with van der Waals surface area (Å²) in [6, 6.07) is 88.0. The predicted octanol–water partition coefficient (Wildman–Crippen LogP) is 16.9. The molecule has 294 valence electrons. The number of rotatable bonds is 5. The molecule has 10 aromatic carbocycles. The second-order valence-electron chi connectivity index (χ2n) is 16.8. The van der Waals surface area contributed by atoms with Gasteiger partial charge in [-0.15, -0.1) is 11.3 Å². The van der Waals surface area contributed by atoms with E-state index >= 15 is 0 Å². The minimum Gasteiger partial charge on any atom is -0.310 e. The number of hydrogen-bond donors (Lipinski definition) is 0. The SMILES string of the molecule is c1ccc(-c2ccc(N(c3ccc(-c4ccccc4)cc3)c3ccc4c(c3)C3(c5ccccc5-c5ccccc5-4)c4ccccc4-c4cc5c(cc43)sc3ccccc35)cc2)cc1. The van der Waals surface area contributed by atoms with Crippen molar-refractivity contribution in [1.82, 2.24) is 0 Å². The molecule has 0 amide bonds. The van der Waals surface area contributed by atoms with Crippen LogP contribution in [0.25, 0.3) is 75.8 Å². The predicted molar refractivity (Wildman–Crippen MR) is 267 cm³/mol. The second-order valence-corrected chi connectivity index (χ2v) is 17.9. The highest BCUT2D eigenvalue weighted by molar-refractivity contribution is 7.25. The van der Waals surface area contributed by atoms with Gasteiger partial charge in [0, 0.05) is 37.2 Å². The first-order valence-electron chi connectivity index (χ1n) is 21.7. The highest BCUT2D eigenvalue weighted by Crippen LogP contribution is 2.63. The Bertz CT molecular complexity index is 3470. The fourth-order valence-electron chi connectivity index (χ4n) is 10.7. The summed E-state index contributed by atoms with van der Waals surface area (Å²) in [7, 11) is 0. The quantitative estimate of drug-likeness (QED) is 0.167. The Balaban J connectivity index is 1.11. The third kappa shape index (κ3) is 5.42. The van der Waals surface area contributed by atoms with Crippen molar-refractivity contribution < 1.29 is 0 Å². The van der Waals surface area contributed by atoms with Gasteiger partial charge in [0.15, 0.2) is 0 Å². The Kier molecular flexibility index (Phi) is 8.06. The lowest BCUT2D eigenvalue weighted by Crippen LogP contribution is -2.29. The molecule has 1 unspecified atom stereocenters. The Labute approximate surface area is 371 Å². The molecule has 1 heterocycles. The zero-order valence-corrected chi connectivity index (χ0v) is 35.2. The number of nitrogens with zero attached hydrogens (tertiary/aromatic N) is 1. The molecule has 0 fully saturated rings. The molecule has 0 radical (unpaired) electrons. The zero-order chi connectivity index (χ0) is 41.5. The van der Waals surface area contributed by atoms with Crippen LogP contribution >= 0.6 is 11.3 Å². The van der Waals surface area contributed by atoms with Crippen LogP contribution in [0.1, 0.15) is 22.3 Å². The average molecular weight is 818 g/mol. The standard InChI is InChI=1S/C61H39NS/c1-3-15-40(16-4-1)42-27-31-44(32-28-42)62(45-33-29-43(30-34-45)41-17-5-2-6-18-41)46-35-36-51-48-20-8-7-19-47(48)49-21-9-12-24-55(49)61(57(51)37-46)56-25-13-10-22-50(56)53-38-54-52-23-11-14-26-59(52)63-60(54)39-58(53)61/h1-39H. The van der Waals surface area contributed by atoms with E-state index < -0.39 is 5.41 Å². The van der Waals surface area contributed by atoms with Crippen LogP contribution in [0.15, 0.2) is 237 Å². The van der Waals surface area contributed by atoms with E-state index in [9.17, 15) is 0 Å². The molecule has 1 nitrogen and oxygen atoms in total. The van der Waals surface area contributed by atoms with Crippen molar-refractivity contribution in [3.8, 4) is 55.6 Å². The van der Waals surface area contributed by atoms with E-state index in [1.54, 1.807) is 0 Å².